The highest BCUT2D eigenvalue weighted by Gasteiger charge is 2.39. The summed E-state index contributed by atoms with van der Waals surface area (Å²) in [5.74, 6) is -0.447. The molecule has 0 aliphatic carbocycles. The van der Waals surface area contributed by atoms with Gasteiger partial charge in [-0.05, 0) is 31.9 Å². The average molecular weight is 260 g/mol. The lowest BCUT2D eigenvalue weighted by Crippen LogP contribution is -2.51. The van der Waals surface area contributed by atoms with Gasteiger partial charge in [0.05, 0.1) is 11.1 Å². The average Bonchev–Trinajstić information content (AvgIpc) is 2.63. The molecule has 0 atom stereocenters. The van der Waals surface area contributed by atoms with Gasteiger partial charge in [0.15, 0.2) is 0 Å². The topological polar surface area (TPSA) is 63.4 Å². The molecule has 102 valence electrons. The zero-order chi connectivity index (χ0) is 14.2. The van der Waals surface area contributed by atoms with Gasteiger partial charge in [-0.15, -0.1) is 0 Å². The Labute approximate surface area is 113 Å². The van der Waals surface area contributed by atoms with Crippen LogP contribution in [0, 0.1) is 6.92 Å². The van der Waals surface area contributed by atoms with Crippen molar-refractivity contribution in [3.05, 3.63) is 34.9 Å². The van der Waals surface area contributed by atoms with Crippen LogP contribution < -0.4 is 5.73 Å². The summed E-state index contributed by atoms with van der Waals surface area (Å²) < 4.78 is 0. The molecule has 2 N–H and O–H groups in total. The van der Waals surface area contributed by atoms with Crippen LogP contribution in [0.2, 0.25) is 0 Å². The summed E-state index contributed by atoms with van der Waals surface area (Å²) in [6, 6.07) is 5.34. The zero-order valence-electron chi connectivity index (χ0n) is 11.7. The Balaban J connectivity index is 2.33. The van der Waals surface area contributed by atoms with Crippen molar-refractivity contribution in [2.24, 2.45) is 5.73 Å². The van der Waals surface area contributed by atoms with Crippen LogP contribution in [-0.4, -0.2) is 28.8 Å². The van der Waals surface area contributed by atoms with Gasteiger partial charge in [0.1, 0.15) is 0 Å². The van der Waals surface area contributed by atoms with Gasteiger partial charge in [0, 0.05) is 12.1 Å². The largest absolute Gasteiger partial charge is 0.324 e. The number of aryl methyl sites for hydroxylation is 1. The fourth-order valence-corrected chi connectivity index (χ4v) is 2.34. The van der Waals surface area contributed by atoms with E-state index < -0.39 is 5.54 Å². The number of carbonyl (C=O) groups is 2. The first kappa shape index (κ1) is 13.7. The lowest BCUT2D eigenvalue weighted by Gasteiger charge is -2.30. The summed E-state index contributed by atoms with van der Waals surface area (Å²) in [5.41, 5.74) is 7.69. The SMILES string of the molecule is CCC(N)(CC)CN1C(=O)c2ccc(C)cc2C1=O. The van der Waals surface area contributed by atoms with E-state index in [4.69, 9.17) is 5.73 Å². The van der Waals surface area contributed by atoms with Gasteiger partial charge in [-0.3, -0.25) is 14.5 Å². The number of rotatable bonds is 4. The van der Waals surface area contributed by atoms with Gasteiger partial charge in [0.25, 0.3) is 11.8 Å². The second kappa shape index (κ2) is 4.78. The van der Waals surface area contributed by atoms with E-state index in [9.17, 15) is 9.59 Å². The first-order valence-electron chi connectivity index (χ1n) is 6.67. The molecular weight excluding hydrogens is 240 g/mol. The molecule has 0 bridgehead atoms. The van der Waals surface area contributed by atoms with E-state index in [1.54, 1.807) is 12.1 Å². The lowest BCUT2D eigenvalue weighted by molar-refractivity contribution is 0.0611. The van der Waals surface area contributed by atoms with Crippen LogP contribution >= 0.6 is 0 Å². The molecule has 1 heterocycles. The molecule has 1 aromatic rings. The van der Waals surface area contributed by atoms with Crippen LogP contribution in [0.5, 0.6) is 0 Å². The number of fused-ring (bicyclic) bond motifs is 1. The Bertz CT molecular complexity index is 533. The minimum atomic E-state index is -0.498. The van der Waals surface area contributed by atoms with Crippen molar-refractivity contribution in [3.8, 4) is 0 Å². The van der Waals surface area contributed by atoms with E-state index in [-0.39, 0.29) is 18.4 Å². The predicted molar refractivity (Wildman–Crippen MR) is 74.0 cm³/mol. The van der Waals surface area contributed by atoms with E-state index in [0.717, 1.165) is 18.4 Å². The molecule has 1 aliphatic rings. The van der Waals surface area contributed by atoms with Crippen LogP contribution in [0.15, 0.2) is 18.2 Å². The minimum absolute atomic E-state index is 0.222. The van der Waals surface area contributed by atoms with E-state index in [0.29, 0.717) is 11.1 Å². The maximum absolute atomic E-state index is 12.3. The van der Waals surface area contributed by atoms with Crippen molar-refractivity contribution in [1.29, 1.82) is 0 Å². The van der Waals surface area contributed by atoms with E-state index in [2.05, 4.69) is 0 Å². The molecule has 0 aromatic heterocycles. The molecule has 0 saturated heterocycles. The van der Waals surface area contributed by atoms with E-state index in [1.165, 1.54) is 4.90 Å². The van der Waals surface area contributed by atoms with E-state index >= 15 is 0 Å². The predicted octanol–water partition coefficient (Wildman–Crippen LogP) is 2.11. The highest BCUT2D eigenvalue weighted by Crippen LogP contribution is 2.26. The number of benzene rings is 1. The van der Waals surface area contributed by atoms with Gasteiger partial charge < -0.3 is 5.73 Å². The molecule has 4 nitrogen and oxygen atoms in total. The first-order valence-corrected chi connectivity index (χ1v) is 6.67. The molecule has 0 fully saturated rings. The number of imide groups is 1. The van der Waals surface area contributed by atoms with Gasteiger partial charge in [-0.2, -0.15) is 0 Å². The molecule has 0 saturated carbocycles. The van der Waals surface area contributed by atoms with Gasteiger partial charge in [-0.25, -0.2) is 0 Å². The first-order chi connectivity index (χ1) is 8.91. The van der Waals surface area contributed by atoms with Crippen molar-refractivity contribution in [2.75, 3.05) is 6.54 Å². The minimum Gasteiger partial charge on any atom is -0.324 e. The molecule has 2 amide bonds. The monoisotopic (exact) mass is 260 g/mol. The number of nitrogens with two attached hydrogens (primary N) is 1. The van der Waals surface area contributed by atoms with Gasteiger partial charge in [-0.1, -0.05) is 25.5 Å². The molecule has 0 spiro atoms. The molecule has 1 aromatic carbocycles. The molecular formula is C15H20N2O2. The molecule has 19 heavy (non-hydrogen) atoms. The van der Waals surface area contributed by atoms with Crippen molar-refractivity contribution < 1.29 is 9.59 Å². The fraction of sp³-hybridized carbons (Fsp3) is 0.467. The summed E-state index contributed by atoms with van der Waals surface area (Å²) in [4.78, 5) is 25.9. The third-order valence-corrected chi connectivity index (χ3v) is 4.01. The molecule has 1 aliphatic heterocycles. The fourth-order valence-electron chi connectivity index (χ4n) is 2.34. The molecule has 0 unspecified atom stereocenters. The number of amides is 2. The smallest absolute Gasteiger partial charge is 0.261 e. The Morgan fingerprint density at radius 1 is 1.11 bits per heavy atom. The van der Waals surface area contributed by atoms with E-state index in [1.807, 2.05) is 26.8 Å². The Morgan fingerprint density at radius 3 is 2.26 bits per heavy atom. The third kappa shape index (κ3) is 2.28. The number of hydrogen-bond donors (Lipinski definition) is 1. The maximum Gasteiger partial charge on any atom is 0.261 e. The quantitative estimate of drug-likeness (QED) is 0.843. The summed E-state index contributed by atoms with van der Waals surface area (Å²) in [6.07, 6.45) is 1.46. The van der Waals surface area contributed by atoms with Crippen molar-refractivity contribution >= 4 is 11.8 Å². The second-order valence-corrected chi connectivity index (χ2v) is 5.31. The molecule has 4 heteroatoms. The summed E-state index contributed by atoms with van der Waals surface area (Å²) >= 11 is 0. The van der Waals surface area contributed by atoms with Crippen molar-refractivity contribution in [3.63, 3.8) is 0 Å². The lowest BCUT2D eigenvalue weighted by atomic mass is 9.93. The standard InChI is InChI=1S/C15H20N2O2/c1-4-15(16,5-2)9-17-13(18)11-7-6-10(3)8-12(11)14(17)19/h6-8H,4-5,9,16H2,1-3H3. The number of carbonyl (C=O) groups excluding carboxylic acids is 2. The van der Waals surface area contributed by atoms with Crippen LogP contribution in [0.1, 0.15) is 53.0 Å². The van der Waals surface area contributed by atoms with Gasteiger partial charge in [0.2, 0.25) is 0 Å². The van der Waals surface area contributed by atoms with Crippen LogP contribution in [0.25, 0.3) is 0 Å². The maximum atomic E-state index is 12.3. The Hall–Kier alpha value is -1.68. The van der Waals surface area contributed by atoms with Crippen LogP contribution in [-0.2, 0) is 0 Å². The summed E-state index contributed by atoms with van der Waals surface area (Å²) in [7, 11) is 0. The van der Waals surface area contributed by atoms with Gasteiger partial charge >= 0.3 is 0 Å². The second-order valence-electron chi connectivity index (χ2n) is 5.31. The third-order valence-electron chi connectivity index (χ3n) is 4.01. The summed E-state index contributed by atoms with van der Waals surface area (Å²) in [5, 5.41) is 0. The number of hydrogen-bond acceptors (Lipinski definition) is 3. The Morgan fingerprint density at radius 2 is 1.68 bits per heavy atom. The normalized spacial score (nSPS) is 15.1. The van der Waals surface area contributed by atoms with Crippen LogP contribution in [0.4, 0.5) is 0 Å². The highest BCUT2D eigenvalue weighted by atomic mass is 16.2. The van der Waals surface area contributed by atoms with Crippen molar-refractivity contribution in [2.45, 2.75) is 39.2 Å². The van der Waals surface area contributed by atoms with Crippen molar-refractivity contribution in [1.82, 2.24) is 4.90 Å². The molecule has 2 rings (SSSR count). The molecule has 0 radical (unpaired) electrons. The Kier molecular flexibility index (Phi) is 3.45. The summed E-state index contributed by atoms with van der Waals surface area (Å²) in [6.45, 7) is 6.15. The zero-order valence-corrected chi connectivity index (χ0v) is 11.7. The highest BCUT2D eigenvalue weighted by molar-refractivity contribution is 6.21. The number of nitrogens with zero attached hydrogens (tertiary/aromatic N) is 1. The van der Waals surface area contributed by atoms with Crippen LogP contribution in [0.3, 0.4) is 0 Å².